The third-order valence-corrected chi connectivity index (χ3v) is 4.10. The summed E-state index contributed by atoms with van der Waals surface area (Å²) in [6.07, 6.45) is 2.23. The Balaban J connectivity index is 0.00000264. The molecule has 0 aromatic heterocycles. The van der Waals surface area contributed by atoms with Crippen LogP contribution in [0, 0.1) is 0 Å². The summed E-state index contributed by atoms with van der Waals surface area (Å²) in [7, 11) is 1.63. The van der Waals surface area contributed by atoms with Gasteiger partial charge in [0, 0.05) is 22.7 Å². The highest BCUT2D eigenvalue weighted by atomic mass is 35.5. The van der Waals surface area contributed by atoms with E-state index in [1.807, 2.05) is 24.3 Å². The lowest BCUT2D eigenvalue weighted by molar-refractivity contribution is -0.121. The van der Waals surface area contributed by atoms with Gasteiger partial charge in [-0.2, -0.15) is 0 Å². The number of carbonyl (C=O) groups excluding carboxylic acids is 1. The van der Waals surface area contributed by atoms with Crippen LogP contribution in [0.3, 0.4) is 0 Å². The Hall–Kier alpha value is -1.26. The molecule has 1 fully saturated rings. The lowest BCUT2D eigenvalue weighted by Gasteiger charge is -2.46. The van der Waals surface area contributed by atoms with Crippen LogP contribution < -0.4 is 27.8 Å². The van der Waals surface area contributed by atoms with E-state index in [1.54, 1.807) is 7.11 Å². The first-order valence-corrected chi connectivity index (χ1v) is 7.91. The Morgan fingerprint density at radius 2 is 1.78 bits per heavy atom. The maximum Gasteiger partial charge on any atom is 0.224 e. The van der Waals surface area contributed by atoms with Crippen LogP contribution >= 0.6 is 0 Å². The molecule has 0 aliphatic carbocycles. The fourth-order valence-corrected chi connectivity index (χ4v) is 3.73. The van der Waals surface area contributed by atoms with Gasteiger partial charge in [0.15, 0.2) is 0 Å². The number of hydrogen-bond donors (Lipinski definition) is 2. The molecule has 5 heteroatoms. The largest absolute Gasteiger partial charge is 1.00 e. The van der Waals surface area contributed by atoms with Crippen molar-refractivity contribution in [2.45, 2.75) is 64.1 Å². The van der Waals surface area contributed by atoms with E-state index in [2.05, 4.69) is 38.3 Å². The van der Waals surface area contributed by atoms with Gasteiger partial charge in [0.2, 0.25) is 5.91 Å². The van der Waals surface area contributed by atoms with E-state index in [0.29, 0.717) is 6.42 Å². The molecular formula is C18H28ClN2O2-. The number of amides is 1. The van der Waals surface area contributed by atoms with Crippen molar-refractivity contribution >= 4 is 5.91 Å². The van der Waals surface area contributed by atoms with Crippen LogP contribution in [0.25, 0.3) is 0 Å². The summed E-state index contributed by atoms with van der Waals surface area (Å²) in [6.45, 7) is 8.75. The number of para-hydroxylation sites is 1. The molecule has 0 spiro atoms. The topological polar surface area (TPSA) is 50.4 Å². The zero-order valence-electron chi connectivity index (χ0n) is 14.7. The van der Waals surface area contributed by atoms with Crippen LogP contribution in [0.15, 0.2) is 24.3 Å². The molecule has 1 saturated heterocycles. The third-order valence-electron chi connectivity index (χ3n) is 4.10. The molecule has 1 heterocycles. The molecule has 0 saturated carbocycles. The van der Waals surface area contributed by atoms with Gasteiger partial charge >= 0.3 is 0 Å². The molecule has 1 aromatic carbocycles. The third kappa shape index (κ3) is 5.70. The summed E-state index contributed by atoms with van der Waals surface area (Å²) >= 11 is 0. The van der Waals surface area contributed by atoms with Gasteiger partial charge in [-0.1, -0.05) is 18.2 Å². The van der Waals surface area contributed by atoms with Gasteiger partial charge in [0.25, 0.3) is 0 Å². The summed E-state index contributed by atoms with van der Waals surface area (Å²) in [5.74, 6) is 0.826. The molecule has 0 unspecified atom stereocenters. The number of methoxy groups -OCH3 is 1. The molecule has 0 bridgehead atoms. The Kier molecular flexibility index (Phi) is 6.49. The Morgan fingerprint density at radius 3 is 2.35 bits per heavy atom. The highest BCUT2D eigenvalue weighted by Gasteiger charge is 2.38. The van der Waals surface area contributed by atoms with Crippen LogP contribution in [0.4, 0.5) is 0 Å². The van der Waals surface area contributed by atoms with Crippen molar-refractivity contribution in [3.63, 3.8) is 0 Å². The molecule has 23 heavy (non-hydrogen) atoms. The van der Waals surface area contributed by atoms with E-state index in [0.717, 1.165) is 24.2 Å². The number of nitrogens with one attached hydrogen (secondary N) is 2. The van der Waals surface area contributed by atoms with Gasteiger partial charge in [0.05, 0.1) is 13.5 Å². The first kappa shape index (κ1) is 19.8. The van der Waals surface area contributed by atoms with Crippen molar-refractivity contribution in [3.8, 4) is 5.75 Å². The monoisotopic (exact) mass is 339 g/mol. The highest BCUT2D eigenvalue weighted by Crippen LogP contribution is 2.28. The minimum Gasteiger partial charge on any atom is -1.00 e. The van der Waals surface area contributed by atoms with Crippen molar-refractivity contribution in [2.24, 2.45) is 0 Å². The summed E-state index contributed by atoms with van der Waals surface area (Å²) in [5.41, 5.74) is 0.990. The summed E-state index contributed by atoms with van der Waals surface area (Å²) < 4.78 is 5.31. The van der Waals surface area contributed by atoms with Crippen LogP contribution in [-0.2, 0) is 11.2 Å². The number of ether oxygens (including phenoxy) is 1. The Labute approximate surface area is 145 Å². The molecule has 4 nitrogen and oxygen atoms in total. The first-order valence-electron chi connectivity index (χ1n) is 7.91. The van der Waals surface area contributed by atoms with Crippen LogP contribution in [0.2, 0.25) is 0 Å². The second-order valence-corrected chi connectivity index (χ2v) is 7.55. The summed E-state index contributed by atoms with van der Waals surface area (Å²) in [4.78, 5) is 12.4. The van der Waals surface area contributed by atoms with E-state index < -0.39 is 0 Å². The average Bonchev–Trinajstić information content (AvgIpc) is 2.35. The van der Waals surface area contributed by atoms with Crippen molar-refractivity contribution in [3.05, 3.63) is 29.8 Å². The van der Waals surface area contributed by atoms with Crippen LogP contribution in [-0.4, -0.2) is 30.1 Å². The molecular weight excluding hydrogens is 312 g/mol. The second-order valence-electron chi connectivity index (χ2n) is 7.55. The Morgan fingerprint density at radius 1 is 1.22 bits per heavy atom. The van der Waals surface area contributed by atoms with Crippen molar-refractivity contribution in [1.82, 2.24) is 10.6 Å². The van der Waals surface area contributed by atoms with E-state index in [1.165, 1.54) is 0 Å². The zero-order valence-corrected chi connectivity index (χ0v) is 15.5. The average molecular weight is 340 g/mol. The predicted molar refractivity (Wildman–Crippen MR) is 89.2 cm³/mol. The summed E-state index contributed by atoms with van der Waals surface area (Å²) in [5, 5.41) is 6.83. The smallest absolute Gasteiger partial charge is 0.224 e. The first-order chi connectivity index (χ1) is 10.2. The van der Waals surface area contributed by atoms with Gasteiger partial charge in [-0.3, -0.25) is 4.79 Å². The fraction of sp³-hybridized carbons (Fsp3) is 0.611. The maximum atomic E-state index is 12.4. The molecule has 1 amide bonds. The number of halogens is 1. The van der Waals surface area contributed by atoms with Gasteiger partial charge < -0.3 is 27.8 Å². The molecule has 2 N–H and O–H groups in total. The molecule has 1 aliphatic rings. The molecule has 2 rings (SSSR count). The van der Waals surface area contributed by atoms with Crippen molar-refractivity contribution in [1.29, 1.82) is 0 Å². The Bertz CT molecular complexity index is 528. The minimum atomic E-state index is 0. The number of benzene rings is 1. The number of carbonyl (C=O) groups is 1. The predicted octanol–water partition coefficient (Wildman–Crippen LogP) is -0.333. The molecule has 0 atom stereocenters. The highest BCUT2D eigenvalue weighted by molar-refractivity contribution is 5.79. The van der Waals surface area contributed by atoms with E-state index >= 15 is 0 Å². The second kappa shape index (κ2) is 7.54. The van der Waals surface area contributed by atoms with Gasteiger partial charge in [-0.15, -0.1) is 0 Å². The zero-order chi connectivity index (χ0) is 16.4. The minimum absolute atomic E-state index is 0. The molecule has 1 aromatic rings. The van der Waals surface area contributed by atoms with Crippen LogP contribution in [0.5, 0.6) is 5.75 Å². The standard InChI is InChI=1S/C18H28N2O2.ClH/c1-17(2)11-14(12-18(3,4)20-17)19-16(21)10-13-8-6-7-9-15(13)22-5;/h6-9,14,20H,10-12H2,1-5H3,(H,19,21);1H/p-1. The lowest BCUT2D eigenvalue weighted by atomic mass is 9.79. The maximum absolute atomic E-state index is 12.4. The summed E-state index contributed by atoms with van der Waals surface area (Å²) in [6, 6.07) is 7.88. The van der Waals surface area contributed by atoms with Crippen molar-refractivity contribution in [2.75, 3.05) is 7.11 Å². The van der Waals surface area contributed by atoms with Crippen LogP contribution in [0.1, 0.15) is 46.1 Å². The molecule has 130 valence electrons. The number of hydrogen-bond acceptors (Lipinski definition) is 3. The van der Waals surface area contributed by atoms with Gasteiger partial charge in [-0.05, 0) is 46.6 Å². The van der Waals surface area contributed by atoms with E-state index in [9.17, 15) is 4.79 Å². The number of rotatable bonds is 4. The lowest BCUT2D eigenvalue weighted by Crippen LogP contribution is -3.00. The van der Waals surface area contributed by atoms with E-state index in [-0.39, 0.29) is 35.4 Å². The number of piperidine rings is 1. The molecule has 1 aliphatic heterocycles. The van der Waals surface area contributed by atoms with Crippen molar-refractivity contribution < 1.29 is 21.9 Å². The normalized spacial score (nSPS) is 19.5. The SMILES string of the molecule is COc1ccccc1CC(=O)NC1CC(C)(C)NC(C)(C)C1.[Cl-]. The van der Waals surface area contributed by atoms with Gasteiger partial charge in [0.1, 0.15) is 5.75 Å². The fourth-order valence-electron chi connectivity index (χ4n) is 3.73. The van der Waals surface area contributed by atoms with Gasteiger partial charge in [-0.25, -0.2) is 0 Å². The molecule has 0 radical (unpaired) electrons. The van der Waals surface area contributed by atoms with E-state index in [4.69, 9.17) is 4.74 Å². The quantitative estimate of drug-likeness (QED) is 0.789.